The number of rotatable bonds is 2. The van der Waals surface area contributed by atoms with Crippen molar-refractivity contribution in [2.24, 2.45) is 5.92 Å². The van der Waals surface area contributed by atoms with Crippen LogP contribution in [0.25, 0.3) is 16.5 Å². The molecule has 1 saturated heterocycles. The molecule has 0 saturated carbocycles. The van der Waals surface area contributed by atoms with Gasteiger partial charge in [0.05, 0.1) is 12.5 Å². The largest absolute Gasteiger partial charge is 0.361 e. The summed E-state index contributed by atoms with van der Waals surface area (Å²) in [6, 6.07) is 6.67. The van der Waals surface area contributed by atoms with Gasteiger partial charge in [-0.1, -0.05) is 24.1 Å². The van der Waals surface area contributed by atoms with E-state index in [2.05, 4.69) is 46.3 Å². The second kappa shape index (κ2) is 6.03. The normalized spacial score (nSPS) is 25.0. The van der Waals surface area contributed by atoms with Crippen molar-refractivity contribution < 1.29 is 4.79 Å². The van der Waals surface area contributed by atoms with Gasteiger partial charge in [0.15, 0.2) is 0 Å². The molecule has 0 bridgehead atoms. The molecule has 0 spiro atoms. The van der Waals surface area contributed by atoms with Crippen LogP contribution < -0.4 is 0 Å². The maximum absolute atomic E-state index is 13.1. The number of H-pyrrole nitrogens is 1. The third-order valence-corrected chi connectivity index (χ3v) is 6.15. The van der Waals surface area contributed by atoms with E-state index in [0.29, 0.717) is 6.54 Å². The lowest BCUT2D eigenvalue weighted by Crippen LogP contribution is -2.49. The van der Waals surface area contributed by atoms with Crippen LogP contribution in [-0.4, -0.2) is 52.9 Å². The number of hydrogen-bond donors (Lipinski definition) is 1. The molecule has 1 aliphatic carbocycles. The average Bonchev–Trinajstić information content (AvgIpc) is 3.33. The fraction of sp³-hybridized carbons (Fsp3) is 0.409. The Morgan fingerprint density at radius 2 is 2.15 bits per heavy atom. The van der Waals surface area contributed by atoms with Crippen molar-refractivity contribution in [2.45, 2.75) is 25.3 Å². The molecule has 1 aromatic heterocycles. The SMILES string of the molecule is C#CCN1C[C@H](C(=O)N2CCCC2)C=C2c3cccc4[nH]cc(c34)C[C@H]21. The molecule has 1 amide bonds. The van der Waals surface area contributed by atoms with Crippen molar-refractivity contribution in [3.8, 4) is 12.3 Å². The molecule has 1 N–H and O–H groups in total. The van der Waals surface area contributed by atoms with Gasteiger partial charge in [-0.3, -0.25) is 9.69 Å². The summed E-state index contributed by atoms with van der Waals surface area (Å²) < 4.78 is 0. The number of amides is 1. The highest BCUT2D eigenvalue weighted by Gasteiger charge is 2.38. The quantitative estimate of drug-likeness (QED) is 0.850. The third kappa shape index (κ3) is 2.31. The number of terminal acetylenes is 1. The molecule has 2 aliphatic heterocycles. The lowest BCUT2D eigenvalue weighted by Gasteiger charge is -2.41. The number of nitrogens with one attached hydrogen (secondary N) is 1. The first-order chi connectivity index (χ1) is 12.8. The van der Waals surface area contributed by atoms with Gasteiger partial charge in [-0.15, -0.1) is 6.42 Å². The van der Waals surface area contributed by atoms with Crippen molar-refractivity contribution in [3.63, 3.8) is 0 Å². The molecule has 5 rings (SSSR count). The van der Waals surface area contributed by atoms with E-state index < -0.39 is 0 Å². The van der Waals surface area contributed by atoms with E-state index in [-0.39, 0.29) is 17.9 Å². The Morgan fingerprint density at radius 3 is 2.96 bits per heavy atom. The molecular formula is C22H23N3O. The van der Waals surface area contributed by atoms with E-state index in [0.717, 1.165) is 38.9 Å². The summed E-state index contributed by atoms with van der Waals surface area (Å²) in [6.45, 7) is 3.11. The van der Waals surface area contributed by atoms with Crippen LogP contribution in [0, 0.1) is 18.3 Å². The molecular weight excluding hydrogens is 322 g/mol. The Bertz CT molecular complexity index is 942. The van der Waals surface area contributed by atoms with Gasteiger partial charge in [-0.25, -0.2) is 0 Å². The molecule has 4 heteroatoms. The summed E-state index contributed by atoms with van der Waals surface area (Å²) in [7, 11) is 0. The van der Waals surface area contributed by atoms with Gasteiger partial charge in [0.2, 0.25) is 5.91 Å². The number of aromatic nitrogens is 1. The number of fused-ring (bicyclic) bond motifs is 2. The van der Waals surface area contributed by atoms with Crippen molar-refractivity contribution in [1.82, 2.24) is 14.8 Å². The zero-order chi connectivity index (χ0) is 17.7. The Labute approximate surface area is 153 Å². The van der Waals surface area contributed by atoms with E-state index in [1.165, 1.54) is 27.6 Å². The van der Waals surface area contributed by atoms with Gasteiger partial charge in [0, 0.05) is 42.8 Å². The van der Waals surface area contributed by atoms with Crippen LogP contribution in [0.3, 0.4) is 0 Å². The van der Waals surface area contributed by atoms with Crippen molar-refractivity contribution in [2.75, 3.05) is 26.2 Å². The fourth-order valence-electron chi connectivity index (χ4n) is 4.94. The monoisotopic (exact) mass is 345 g/mol. The molecule has 4 nitrogen and oxygen atoms in total. The van der Waals surface area contributed by atoms with Crippen LogP contribution in [0.1, 0.15) is 24.0 Å². The molecule has 26 heavy (non-hydrogen) atoms. The van der Waals surface area contributed by atoms with E-state index in [1.54, 1.807) is 0 Å². The Balaban J connectivity index is 1.60. The summed E-state index contributed by atoms with van der Waals surface area (Å²) in [5, 5.41) is 1.31. The number of benzene rings is 1. The van der Waals surface area contributed by atoms with Crippen LogP contribution in [0.2, 0.25) is 0 Å². The minimum atomic E-state index is -0.0940. The minimum absolute atomic E-state index is 0.0940. The van der Waals surface area contributed by atoms with Crippen LogP contribution in [0.15, 0.2) is 30.5 Å². The molecule has 0 radical (unpaired) electrons. The standard InChI is InChI=1S/C22H23N3O/c1-2-8-25-14-16(22(26)24-9-3-4-10-24)11-18-17-6-5-7-19-21(17)15(13-23-19)12-20(18)25/h1,5-7,11,13,16,20,23H,3-4,8-10,12,14H2/t16-,20-/m1/s1. The first-order valence-corrected chi connectivity index (χ1v) is 9.53. The lowest BCUT2D eigenvalue weighted by atomic mass is 9.79. The Hall–Kier alpha value is -2.51. The summed E-state index contributed by atoms with van der Waals surface area (Å²) in [6.07, 6.45) is 13.2. The average molecular weight is 345 g/mol. The van der Waals surface area contributed by atoms with Crippen molar-refractivity contribution in [3.05, 3.63) is 41.6 Å². The van der Waals surface area contributed by atoms with Gasteiger partial charge in [-0.2, -0.15) is 0 Å². The maximum atomic E-state index is 13.1. The first kappa shape index (κ1) is 15.7. The second-order valence-electron chi connectivity index (χ2n) is 7.66. The topological polar surface area (TPSA) is 39.3 Å². The summed E-state index contributed by atoms with van der Waals surface area (Å²) in [4.78, 5) is 20.8. The van der Waals surface area contributed by atoms with Gasteiger partial charge in [-0.05, 0) is 42.0 Å². The molecule has 3 aliphatic rings. The summed E-state index contributed by atoms with van der Waals surface area (Å²) in [5.41, 5.74) is 5.06. The minimum Gasteiger partial charge on any atom is -0.361 e. The lowest BCUT2D eigenvalue weighted by molar-refractivity contribution is -0.133. The summed E-state index contributed by atoms with van der Waals surface area (Å²) in [5.74, 6) is 2.98. The number of carbonyl (C=O) groups excluding carboxylic acids is 1. The fourth-order valence-corrected chi connectivity index (χ4v) is 4.94. The van der Waals surface area contributed by atoms with E-state index in [1.807, 2.05) is 4.90 Å². The third-order valence-electron chi connectivity index (χ3n) is 6.15. The number of carbonyl (C=O) groups is 1. The molecule has 2 atom stereocenters. The number of nitrogens with zero attached hydrogens (tertiary/aromatic N) is 2. The molecule has 1 fully saturated rings. The van der Waals surface area contributed by atoms with Crippen LogP contribution >= 0.6 is 0 Å². The molecule has 132 valence electrons. The van der Waals surface area contributed by atoms with Gasteiger partial charge in [0.25, 0.3) is 0 Å². The van der Waals surface area contributed by atoms with Gasteiger partial charge >= 0.3 is 0 Å². The molecule has 0 unspecified atom stereocenters. The Morgan fingerprint density at radius 1 is 1.31 bits per heavy atom. The number of aromatic amines is 1. The molecule has 3 heterocycles. The predicted octanol–water partition coefficient (Wildman–Crippen LogP) is 2.66. The van der Waals surface area contributed by atoms with E-state index >= 15 is 0 Å². The summed E-state index contributed by atoms with van der Waals surface area (Å²) >= 11 is 0. The highest BCUT2D eigenvalue weighted by atomic mass is 16.2. The van der Waals surface area contributed by atoms with Gasteiger partial charge in [0.1, 0.15) is 0 Å². The number of hydrogen-bond acceptors (Lipinski definition) is 2. The second-order valence-corrected chi connectivity index (χ2v) is 7.66. The molecule has 2 aromatic rings. The highest BCUT2D eigenvalue weighted by Crippen LogP contribution is 2.41. The van der Waals surface area contributed by atoms with Crippen LogP contribution in [0.4, 0.5) is 0 Å². The first-order valence-electron chi connectivity index (χ1n) is 9.53. The zero-order valence-corrected chi connectivity index (χ0v) is 14.9. The van der Waals surface area contributed by atoms with E-state index in [9.17, 15) is 4.79 Å². The van der Waals surface area contributed by atoms with Crippen molar-refractivity contribution in [1.29, 1.82) is 0 Å². The maximum Gasteiger partial charge on any atom is 0.230 e. The molecule has 1 aromatic carbocycles. The van der Waals surface area contributed by atoms with Crippen LogP contribution in [0.5, 0.6) is 0 Å². The van der Waals surface area contributed by atoms with E-state index in [4.69, 9.17) is 6.42 Å². The van der Waals surface area contributed by atoms with Crippen LogP contribution in [-0.2, 0) is 11.2 Å². The highest BCUT2D eigenvalue weighted by molar-refractivity contribution is 5.99. The smallest absolute Gasteiger partial charge is 0.230 e. The zero-order valence-electron chi connectivity index (χ0n) is 14.9. The Kier molecular flexibility index (Phi) is 3.65. The van der Waals surface area contributed by atoms with Crippen molar-refractivity contribution >= 4 is 22.4 Å². The van der Waals surface area contributed by atoms with Gasteiger partial charge < -0.3 is 9.88 Å². The number of likely N-dealkylation sites (tertiary alicyclic amines) is 1. The predicted molar refractivity (Wildman–Crippen MR) is 103 cm³/mol.